The Morgan fingerprint density at radius 2 is 1.96 bits per heavy atom. The van der Waals surface area contributed by atoms with E-state index in [-0.39, 0.29) is 13.3 Å². The number of carbonyl (C=O) groups excluding carboxylic acids is 1. The first-order chi connectivity index (χ1) is 13.3. The van der Waals surface area contributed by atoms with E-state index in [1.165, 1.54) is 6.07 Å². The number of ether oxygens (including phenoxy) is 2. The lowest BCUT2D eigenvalue weighted by molar-refractivity contribution is -0.122. The first-order valence-electron chi connectivity index (χ1n) is 8.71. The highest BCUT2D eigenvalue weighted by molar-refractivity contribution is 7.92. The molecule has 0 saturated carbocycles. The second kappa shape index (κ2) is 8.28. The molecule has 0 bridgehead atoms. The molecule has 150 valence electrons. The molecule has 0 spiro atoms. The zero-order chi connectivity index (χ0) is 20.3. The Hall–Kier alpha value is -2.45. The lowest BCUT2D eigenvalue weighted by Gasteiger charge is -2.30. The molecule has 1 N–H and O–H groups in total. The lowest BCUT2D eigenvalue weighted by atomic mass is 10.1. The standard InChI is InChI=1S/C19H21ClN2O5S/c1-3-16(22(28(2,24)25)15-6-4-5-14(20)10-15)19(23)21-11-13-7-8-17-18(9-13)27-12-26-17/h4-10,16H,3,11-12H2,1-2H3,(H,21,23)/t16-/m0/s1. The third-order valence-corrected chi connectivity index (χ3v) is 5.71. The van der Waals surface area contributed by atoms with Crippen molar-refractivity contribution in [1.29, 1.82) is 0 Å². The van der Waals surface area contributed by atoms with E-state index in [4.69, 9.17) is 21.1 Å². The molecule has 1 heterocycles. The molecule has 1 aliphatic heterocycles. The number of nitrogens with zero attached hydrogens (tertiary/aromatic N) is 1. The predicted octanol–water partition coefficient (Wildman–Crippen LogP) is 2.93. The van der Waals surface area contributed by atoms with E-state index >= 15 is 0 Å². The minimum atomic E-state index is -3.70. The number of amides is 1. The average molecular weight is 425 g/mol. The molecule has 28 heavy (non-hydrogen) atoms. The Labute approximate surface area is 169 Å². The monoisotopic (exact) mass is 424 g/mol. The van der Waals surface area contributed by atoms with Crippen LogP contribution in [0.25, 0.3) is 0 Å². The van der Waals surface area contributed by atoms with Gasteiger partial charge in [0.1, 0.15) is 6.04 Å². The molecule has 0 unspecified atom stereocenters. The van der Waals surface area contributed by atoms with E-state index in [0.29, 0.717) is 28.6 Å². The Morgan fingerprint density at radius 1 is 1.21 bits per heavy atom. The van der Waals surface area contributed by atoms with Crippen molar-refractivity contribution in [2.45, 2.75) is 25.9 Å². The van der Waals surface area contributed by atoms with Crippen molar-refractivity contribution in [2.24, 2.45) is 0 Å². The van der Waals surface area contributed by atoms with Crippen LogP contribution in [0.4, 0.5) is 5.69 Å². The van der Waals surface area contributed by atoms with Crippen molar-refractivity contribution >= 4 is 33.2 Å². The highest BCUT2D eigenvalue weighted by atomic mass is 35.5. The SMILES string of the molecule is CC[C@@H](C(=O)NCc1ccc2c(c1)OCO2)N(c1cccc(Cl)c1)S(C)(=O)=O. The fraction of sp³-hybridized carbons (Fsp3) is 0.316. The number of anilines is 1. The Bertz CT molecular complexity index is 980. The van der Waals surface area contributed by atoms with E-state index in [0.717, 1.165) is 16.1 Å². The van der Waals surface area contributed by atoms with E-state index in [2.05, 4.69) is 5.32 Å². The van der Waals surface area contributed by atoms with Gasteiger partial charge in [0.2, 0.25) is 22.7 Å². The smallest absolute Gasteiger partial charge is 0.244 e. The number of carbonyl (C=O) groups is 1. The number of fused-ring (bicyclic) bond motifs is 1. The zero-order valence-electron chi connectivity index (χ0n) is 15.5. The van der Waals surface area contributed by atoms with Gasteiger partial charge in [-0.1, -0.05) is 30.7 Å². The molecule has 1 atom stereocenters. The summed E-state index contributed by atoms with van der Waals surface area (Å²) in [5.41, 5.74) is 1.17. The first-order valence-corrected chi connectivity index (χ1v) is 10.9. The second-order valence-corrected chi connectivity index (χ2v) is 8.66. The van der Waals surface area contributed by atoms with Gasteiger partial charge in [0.05, 0.1) is 11.9 Å². The first kappa shape index (κ1) is 20.3. The van der Waals surface area contributed by atoms with Gasteiger partial charge in [-0.3, -0.25) is 9.10 Å². The van der Waals surface area contributed by atoms with Gasteiger partial charge >= 0.3 is 0 Å². The van der Waals surface area contributed by atoms with Crippen LogP contribution in [0.15, 0.2) is 42.5 Å². The van der Waals surface area contributed by atoms with Crippen LogP contribution in [0, 0.1) is 0 Å². The Balaban J connectivity index is 1.78. The van der Waals surface area contributed by atoms with Gasteiger partial charge in [0.15, 0.2) is 11.5 Å². The molecule has 2 aromatic rings. The topological polar surface area (TPSA) is 84.9 Å². The molecule has 0 saturated heterocycles. The Morgan fingerprint density at radius 3 is 2.64 bits per heavy atom. The maximum absolute atomic E-state index is 12.8. The summed E-state index contributed by atoms with van der Waals surface area (Å²) >= 11 is 6.01. The van der Waals surface area contributed by atoms with Crippen molar-refractivity contribution in [3.8, 4) is 11.5 Å². The fourth-order valence-electron chi connectivity index (χ4n) is 3.03. The van der Waals surface area contributed by atoms with Gasteiger partial charge in [-0.25, -0.2) is 8.42 Å². The minimum Gasteiger partial charge on any atom is -0.454 e. The van der Waals surface area contributed by atoms with Crippen molar-refractivity contribution in [3.05, 3.63) is 53.1 Å². The molecule has 0 radical (unpaired) electrons. The van der Waals surface area contributed by atoms with Crippen LogP contribution in [-0.2, 0) is 21.4 Å². The van der Waals surface area contributed by atoms with Crippen LogP contribution in [0.5, 0.6) is 11.5 Å². The Kier molecular flexibility index (Phi) is 6.00. The number of hydrogen-bond donors (Lipinski definition) is 1. The third-order valence-electron chi connectivity index (χ3n) is 4.30. The summed E-state index contributed by atoms with van der Waals surface area (Å²) in [6.07, 6.45) is 1.37. The molecule has 1 amide bonds. The van der Waals surface area contributed by atoms with Gasteiger partial charge < -0.3 is 14.8 Å². The van der Waals surface area contributed by atoms with Gasteiger partial charge in [-0.05, 0) is 42.3 Å². The summed E-state index contributed by atoms with van der Waals surface area (Å²) in [5, 5.41) is 3.19. The number of halogens is 1. The fourth-order valence-corrected chi connectivity index (χ4v) is 4.42. The van der Waals surface area contributed by atoms with Crippen LogP contribution in [0.3, 0.4) is 0 Å². The molecular formula is C19H21ClN2O5S. The molecule has 0 fully saturated rings. The third kappa shape index (κ3) is 4.51. The van der Waals surface area contributed by atoms with Crippen LogP contribution >= 0.6 is 11.6 Å². The highest BCUT2D eigenvalue weighted by Gasteiger charge is 2.31. The molecule has 2 aromatic carbocycles. The summed E-state index contributed by atoms with van der Waals surface area (Å²) < 4.78 is 36.6. The van der Waals surface area contributed by atoms with Crippen molar-refractivity contribution in [1.82, 2.24) is 5.32 Å². The molecule has 3 rings (SSSR count). The second-order valence-electron chi connectivity index (χ2n) is 6.37. The number of hydrogen-bond acceptors (Lipinski definition) is 5. The predicted molar refractivity (Wildman–Crippen MR) is 107 cm³/mol. The normalized spacial score (nSPS) is 13.8. The van der Waals surface area contributed by atoms with Crippen LogP contribution < -0.4 is 19.1 Å². The van der Waals surface area contributed by atoms with Crippen LogP contribution in [0.2, 0.25) is 5.02 Å². The van der Waals surface area contributed by atoms with Crippen molar-refractivity contribution in [2.75, 3.05) is 17.4 Å². The number of nitrogens with one attached hydrogen (secondary N) is 1. The van der Waals surface area contributed by atoms with Crippen LogP contribution in [0.1, 0.15) is 18.9 Å². The number of benzene rings is 2. The van der Waals surface area contributed by atoms with Crippen molar-refractivity contribution < 1.29 is 22.7 Å². The lowest BCUT2D eigenvalue weighted by Crippen LogP contribution is -2.49. The molecular weight excluding hydrogens is 404 g/mol. The van der Waals surface area contributed by atoms with Gasteiger partial charge in [0, 0.05) is 11.6 Å². The van der Waals surface area contributed by atoms with Gasteiger partial charge in [-0.2, -0.15) is 0 Å². The molecule has 7 nitrogen and oxygen atoms in total. The largest absolute Gasteiger partial charge is 0.454 e. The average Bonchev–Trinajstić information content (AvgIpc) is 3.10. The van der Waals surface area contributed by atoms with E-state index in [1.54, 1.807) is 37.3 Å². The summed E-state index contributed by atoms with van der Waals surface area (Å²) in [5.74, 6) is 0.881. The van der Waals surface area contributed by atoms with Gasteiger partial charge in [-0.15, -0.1) is 0 Å². The minimum absolute atomic E-state index is 0.173. The number of rotatable bonds is 7. The summed E-state index contributed by atoms with van der Waals surface area (Å²) in [6.45, 7) is 2.17. The summed E-state index contributed by atoms with van der Waals surface area (Å²) in [7, 11) is -3.70. The van der Waals surface area contributed by atoms with E-state index in [9.17, 15) is 13.2 Å². The highest BCUT2D eigenvalue weighted by Crippen LogP contribution is 2.32. The van der Waals surface area contributed by atoms with Crippen LogP contribution in [-0.4, -0.2) is 33.4 Å². The maximum Gasteiger partial charge on any atom is 0.244 e. The molecule has 0 aliphatic carbocycles. The molecule has 0 aromatic heterocycles. The zero-order valence-corrected chi connectivity index (χ0v) is 17.1. The maximum atomic E-state index is 12.8. The molecule has 9 heteroatoms. The summed E-state index contributed by atoms with van der Waals surface area (Å²) in [6, 6.07) is 10.9. The van der Waals surface area contributed by atoms with Crippen molar-refractivity contribution in [3.63, 3.8) is 0 Å². The van der Waals surface area contributed by atoms with E-state index in [1.807, 2.05) is 6.07 Å². The van der Waals surface area contributed by atoms with Gasteiger partial charge in [0.25, 0.3) is 0 Å². The van der Waals surface area contributed by atoms with E-state index < -0.39 is 22.0 Å². The number of sulfonamides is 1. The summed E-state index contributed by atoms with van der Waals surface area (Å²) in [4.78, 5) is 12.8. The quantitative estimate of drug-likeness (QED) is 0.738. The molecule has 1 aliphatic rings.